The van der Waals surface area contributed by atoms with Crippen molar-refractivity contribution in [3.8, 4) is 5.75 Å². The maximum atomic E-state index is 10.4. The molecule has 0 saturated carbocycles. The van der Waals surface area contributed by atoms with Gasteiger partial charge in [-0.1, -0.05) is 78.0 Å². The number of benzene rings is 2. The first kappa shape index (κ1) is 27.1. The number of rotatable bonds is 11. The monoisotopic (exact) mass is 454 g/mol. The number of aryl methyl sites for hydroxylation is 1. The fourth-order valence-corrected chi connectivity index (χ4v) is 4.02. The van der Waals surface area contributed by atoms with E-state index in [1.807, 2.05) is 45.0 Å². The molecule has 33 heavy (non-hydrogen) atoms. The molecule has 2 aromatic carbocycles. The summed E-state index contributed by atoms with van der Waals surface area (Å²) in [5.74, 6) is 0.835. The first-order valence-corrected chi connectivity index (χ1v) is 12.1. The molecular formula is C29H42O4. The van der Waals surface area contributed by atoms with E-state index >= 15 is 0 Å². The van der Waals surface area contributed by atoms with Crippen LogP contribution in [0.15, 0.2) is 42.5 Å². The van der Waals surface area contributed by atoms with Gasteiger partial charge >= 0.3 is 0 Å². The van der Waals surface area contributed by atoms with Crippen molar-refractivity contribution in [3.05, 3.63) is 70.3 Å². The zero-order valence-electron chi connectivity index (χ0n) is 21.2. The highest BCUT2D eigenvalue weighted by atomic mass is 16.5. The summed E-state index contributed by atoms with van der Waals surface area (Å²) in [5, 5.41) is 29.4. The van der Waals surface area contributed by atoms with Crippen LogP contribution in [-0.2, 0) is 25.0 Å². The zero-order valence-corrected chi connectivity index (χ0v) is 21.2. The Labute approximate surface area is 199 Å². The molecule has 3 N–H and O–H groups in total. The van der Waals surface area contributed by atoms with Crippen LogP contribution in [0.25, 0.3) is 6.08 Å². The third-order valence-electron chi connectivity index (χ3n) is 6.84. The number of ether oxygens (including phenoxy) is 1. The van der Waals surface area contributed by atoms with Crippen LogP contribution in [0.3, 0.4) is 0 Å². The van der Waals surface area contributed by atoms with E-state index in [-0.39, 0.29) is 30.7 Å². The Bertz CT molecular complexity index is 920. The molecule has 4 heteroatoms. The average Bonchev–Trinajstić information content (AvgIpc) is 2.82. The van der Waals surface area contributed by atoms with Gasteiger partial charge in [-0.3, -0.25) is 0 Å². The summed E-state index contributed by atoms with van der Waals surface area (Å²) >= 11 is 0. The van der Waals surface area contributed by atoms with Crippen LogP contribution in [0.5, 0.6) is 5.75 Å². The van der Waals surface area contributed by atoms with E-state index in [4.69, 9.17) is 4.74 Å². The first-order valence-electron chi connectivity index (χ1n) is 12.1. The molecule has 0 aliphatic carbocycles. The van der Waals surface area contributed by atoms with E-state index < -0.39 is 6.10 Å². The van der Waals surface area contributed by atoms with Gasteiger partial charge in [0.2, 0.25) is 0 Å². The second-order valence-electron chi connectivity index (χ2n) is 9.91. The van der Waals surface area contributed by atoms with Crippen molar-refractivity contribution in [1.82, 2.24) is 0 Å². The number of allylic oxidation sites excluding steroid dienone is 1. The molecule has 182 valence electrons. The number of aliphatic hydroxyl groups excluding tert-OH is 3. The minimum Gasteiger partial charge on any atom is -0.491 e. The Morgan fingerprint density at radius 3 is 2.09 bits per heavy atom. The second-order valence-corrected chi connectivity index (χ2v) is 9.91. The summed E-state index contributed by atoms with van der Waals surface area (Å²) in [4.78, 5) is 0. The molecule has 2 rings (SSSR count). The summed E-state index contributed by atoms with van der Waals surface area (Å²) in [6.07, 6.45) is 6.60. The molecule has 0 saturated heterocycles. The van der Waals surface area contributed by atoms with Crippen LogP contribution in [0.4, 0.5) is 0 Å². The smallest absolute Gasteiger partial charge is 0.122 e. The van der Waals surface area contributed by atoms with Crippen LogP contribution < -0.4 is 4.74 Å². The molecule has 0 heterocycles. The molecule has 0 bridgehead atoms. The predicted octanol–water partition coefficient (Wildman–Crippen LogP) is 5.79. The first-order chi connectivity index (χ1) is 15.6. The van der Waals surface area contributed by atoms with Gasteiger partial charge in [0.15, 0.2) is 0 Å². The van der Waals surface area contributed by atoms with Gasteiger partial charge in [-0.15, -0.1) is 0 Å². The quantitative estimate of drug-likeness (QED) is 0.402. The molecule has 0 amide bonds. The number of hydrogen-bond acceptors (Lipinski definition) is 4. The van der Waals surface area contributed by atoms with E-state index in [9.17, 15) is 15.3 Å². The highest BCUT2D eigenvalue weighted by molar-refractivity contribution is 5.55. The van der Waals surface area contributed by atoms with E-state index in [1.165, 1.54) is 5.56 Å². The van der Waals surface area contributed by atoms with Crippen LogP contribution >= 0.6 is 0 Å². The van der Waals surface area contributed by atoms with Crippen molar-refractivity contribution >= 4 is 6.08 Å². The SMILES string of the molecule is CCc1cc(C(/C=C/c2ccc(CO)c(CO)c2)(CC)CC)ccc1OCC(O)C(C)(C)C. The molecule has 0 spiro atoms. The lowest BCUT2D eigenvalue weighted by Gasteiger charge is -2.30. The minimum absolute atomic E-state index is 0.0747. The van der Waals surface area contributed by atoms with E-state index in [1.54, 1.807) is 0 Å². The highest BCUT2D eigenvalue weighted by Crippen LogP contribution is 2.37. The van der Waals surface area contributed by atoms with Crippen molar-refractivity contribution in [2.45, 2.75) is 85.5 Å². The van der Waals surface area contributed by atoms with Crippen LogP contribution in [-0.4, -0.2) is 28.0 Å². The summed E-state index contributed by atoms with van der Waals surface area (Å²) in [5.41, 5.74) is 4.57. The predicted molar refractivity (Wildman–Crippen MR) is 136 cm³/mol. The maximum absolute atomic E-state index is 10.4. The van der Waals surface area contributed by atoms with Crippen LogP contribution in [0.1, 0.15) is 82.2 Å². The minimum atomic E-state index is -0.531. The fraction of sp³-hybridized carbons (Fsp3) is 0.517. The standard InChI is InChI=1S/C29H42O4/c1-7-22-17-25(12-13-26(22)33-20-27(32)28(4,5)6)29(8-2,9-3)15-14-21-10-11-23(18-30)24(16-21)19-31/h10-17,27,30-32H,7-9,18-20H2,1-6H3/b15-14+. The van der Waals surface area contributed by atoms with Gasteiger partial charge in [0.05, 0.1) is 19.3 Å². The number of hydrogen-bond donors (Lipinski definition) is 3. The Morgan fingerprint density at radius 1 is 0.879 bits per heavy atom. The lowest BCUT2D eigenvalue weighted by Crippen LogP contribution is -2.32. The molecule has 4 nitrogen and oxygen atoms in total. The van der Waals surface area contributed by atoms with Crippen molar-refractivity contribution in [3.63, 3.8) is 0 Å². The van der Waals surface area contributed by atoms with E-state index in [0.29, 0.717) is 0 Å². The Kier molecular flexibility index (Phi) is 9.71. The molecule has 0 aromatic heterocycles. The normalized spacial score (nSPS) is 13.5. The number of aliphatic hydroxyl groups is 3. The van der Waals surface area contributed by atoms with Gasteiger partial charge in [-0.05, 0) is 64.6 Å². The van der Waals surface area contributed by atoms with Crippen molar-refractivity contribution in [2.75, 3.05) is 6.61 Å². The van der Waals surface area contributed by atoms with Crippen molar-refractivity contribution in [2.24, 2.45) is 5.41 Å². The van der Waals surface area contributed by atoms with Gasteiger partial charge in [0.25, 0.3) is 0 Å². The summed E-state index contributed by atoms with van der Waals surface area (Å²) < 4.78 is 6.02. The topological polar surface area (TPSA) is 69.9 Å². The van der Waals surface area contributed by atoms with Crippen molar-refractivity contribution in [1.29, 1.82) is 0 Å². The molecule has 2 aromatic rings. The highest BCUT2D eigenvalue weighted by Gasteiger charge is 2.27. The van der Waals surface area contributed by atoms with Gasteiger partial charge in [0.1, 0.15) is 12.4 Å². The van der Waals surface area contributed by atoms with Gasteiger partial charge < -0.3 is 20.1 Å². The average molecular weight is 455 g/mol. The molecule has 1 atom stereocenters. The maximum Gasteiger partial charge on any atom is 0.122 e. The lowest BCUT2D eigenvalue weighted by molar-refractivity contribution is 0.0215. The summed E-state index contributed by atoms with van der Waals surface area (Å²) in [6, 6.07) is 12.2. The Balaban J connectivity index is 2.34. The molecule has 0 aliphatic rings. The van der Waals surface area contributed by atoms with Gasteiger partial charge in [-0.25, -0.2) is 0 Å². The van der Waals surface area contributed by atoms with Gasteiger partial charge in [-0.2, -0.15) is 0 Å². The molecule has 0 aliphatic heterocycles. The largest absolute Gasteiger partial charge is 0.491 e. The Hall–Kier alpha value is -2.14. The van der Waals surface area contributed by atoms with E-state index in [2.05, 4.69) is 45.1 Å². The third-order valence-corrected chi connectivity index (χ3v) is 6.84. The summed E-state index contributed by atoms with van der Waals surface area (Å²) in [6.45, 7) is 12.7. The summed E-state index contributed by atoms with van der Waals surface area (Å²) in [7, 11) is 0. The van der Waals surface area contributed by atoms with Crippen LogP contribution in [0.2, 0.25) is 0 Å². The Morgan fingerprint density at radius 2 is 1.55 bits per heavy atom. The zero-order chi connectivity index (χ0) is 24.6. The second kappa shape index (κ2) is 11.8. The lowest BCUT2D eigenvalue weighted by atomic mass is 9.74. The fourth-order valence-electron chi connectivity index (χ4n) is 4.02. The molecule has 1 unspecified atom stereocenters. The van der Waals surface area contributed by atoms with Crippen LogP contribution in [0, 0.1) is 5.41 Å². The molecule has 0 fully saturated rings. The third kappa shape index (κ3) is 6.69. The molecule has 0 radical (unpaired) electrons. The van der Waals surface area contributed by atoms with Crippen molar-refractivity contribution < 1.29 is 20.1 Å². The van der Waals surface area contributed by atoms with E-state index in [0.717, 1.165) is 47.3 Å². The molecular weight excluding hydrogens is 412 g/mol. The van der Waals surface area contributed by atoms with Gasteiger partial charge in [0, 0.05) is 5.41 Å².